The van der Waals surface area contributed by atoms with Crippen molar-refractivity contribution in [2.24, 2.45) is 0 Å². The molecule has 0 aromatic carbocycles. The van der Waals surface area contributed by atoms with Crippen LogP contribution in [0.4, 0.5) is 0 Å². The van der Waals surface area contributed by atoms with Gasteiger partial charge >= 0.3 is 75.3 Å². The van der Waals surface area contributed by atoms with Crippen molar-refractivity contribution in [1.82, 2.24) is 0 Å². The summed E-state index contributed by atoms with van der Waals surface area (Å²) in [5, 5.41) is 0. The third-order valence-corrected chi connectivity index (χ3v) is 0. The molecule has 0 aromatic rings. The van der Waals surface area contributed by atoms with E-state index in [1.165, 1.54) is 0 Å². The Balaban J connectivity index is 0. The summed E-state index contributed by atoms with van der Waals surface area (Å²) in [6, 6.07) is 0. The Morgan fingerprint density at radius 1 is 1.75 bits per heavy atom. The summed E-state index contributed by atoms with van der Waals surface area (Å²) in [6.45, 7) is 0. The molecule has 0 saturated carbocycles. The van der Waals surface area contributed by atoms with Crippen LogP contribution >= 0.6 is 0 Å². The summed E-state index contributed by atoms with van der Waals surface area (Å²) in [5.74, 6) is 0. The van der Waals surface area contributed by atoms with Crippen LogP contribution in [0, 0.1) is 0 Å². The first-order valence-corrected chi connectivity index (χ1v) is 1.90. The van der Waals surface area contributed by atoms with E-state index in [-0.39, 0.29) is 51.4 Å². The average Bonchev–Trinajstić information content (AvgIpc) is 0.918. The van der Waals surface area contributed by atoms with E-state index >= 15 is 0 Å². The predicted molar refractivity (Wildman–Crippen MR) is 6.44 cm³/mol. The summed E-state index contributed by atoms with van der Waals surface area (Å²) in [6.07, 6.45) is 0. The molecule has 2 nitrogen and oxygen atoms in total. The van der Waals surface area contributed by atoms with Gasteiger partial charge in [0, 0.05) is 0 Å². The van der Waals surface area contributed by atoms with Gasteiger partial charge in [0.05, 0.1) is 0 Å². The van der Waals surface area contributed by atoms with Crippen molar-refractivity contribution in [1.29, 1.82) is 0 Å². The van der Waals surface area contributed by atoms with Crippen molar-refractivity contribution in [3.05, 3.63) is 0 Å². The molecule has 0 aliphatic heterocycles. The quantitative estimate of drug-likeness (QED) is 0.322. The second-order valence-electron chi connectivity index (χ2n) is 0.0745. The Morgan fingerprint density at radius 2 is 1.75 bits per heavy atom. The van der Waals surface area contributed by atoms with Crippen LogP contribution in [-0.2, 0) is 3.74 Å². The van der Waals surface area contributed by atoms with Crippen molar-refractivity contribution in [2.45, 2.75) is 0 Å². The molecule has 0 atom stereocenters. The zero-order valence-electron chi connectivity index (χ0n) is 2.26. The molecule has 0 radical (unpaired) electrons. The molecule has 0 N–H and O–H groups in total. The van der Waals surface area contributed by atoms with Crippen LogP contribution in [0.25, 0.3) is 0 Å². The van der Waals surface area contributed by atoms with E-state index in [0.29, 0.717) is 0 Å². The standard InChI is InChI=1S/AsHO2.K/c2-1-3;/h(H,2,3);/q;+1/p-1. The van der Waals surface area contributed by atoms with Crippen LogP contribution in [0.1, 0.15) is 0 Å². The van der Waals surface area contributed by atoms with Crippen LogP contribution in [-0.4, -0.2) is 16.0 Å². The maximum Gasteiger partial charge on any atom is 1.00 e. The van der Waals surface area contributed by atoms with Crippen LogP contribution in [0.5, 0.6) is 0 Å². The van der Waals surface area contributed by atoms with Gasteiger partial charge in [-0.25, -0.2) is 0 Å². The minimum Gasteiger partial charge on any atom is 1.00 e. The molecule has 0 rings (SSSR count). The van der Waals surface area contributed by atoms with Gasteiger partial charge in [-0.1, -0.05) is 0 Å². The molecule has 4 heteroatoms. The van der Waals surface area contributed by atoms with Crippen LogP contribution in [0.15, 0.2) is 0 Å². The molecule has 0 fully saturated rings. The monoisotopic (exact) mass is 146 g/mol. The maximum absolute atomic E-state index is 8.47. The van der Waals surface area contributed by atoms with E-state index in [1.54, 1.807) is 0 Å². The molecule has 0 aliphatic carbocycles. The van der Waals surface area contributed by atoms with E-state index in [1.807, 2.05) is 0 Å². The van der Waals surface area contributed by atoms with Crippen molar-refractivity contribution >= 4 is 16.0 Å². The van der Waals surface area contributed by atoms with Crippen molar-refractivity contribution in [3.8, 4) is 0 Å². The van der Waals surface area contributed by atoms with Gasteiger partial charge in [-0.2, -0.15) is 0 Å². The van der Waals surface area contributed by atoms with Crippen LogP contribution in [0.3, 0.4) is 0 Å². The third-order valence-electron chi connectivity index (χ3n) is 0. The van der Waals surface area contributed by atoms with E-state index in [0.717, 1.165) is 0 Å². The molecule has 0 bridgehead atoms. The first kappa shape index (κ1) is 9.35. The Kier molecular flexibility index (Phi) is 20.7. The Bertz CT molecular complexity index is 13.5. The summed E-state index contributed by atoms with van der Waals surface area (Å²) in [4.78, 5) is 0. The second kappa shape index (κ2) is 8.88. The van der Waals surface area contributed by atoms with Crippen molar-refractivity contribution in [3.63, 3.8) is 0 Å². The Morgan fingerprint density at radius 3 is 1.75 bits per heavy atom. The Labute approximate surface area is 73.7 Å². The average molecular weight is 146 g/mol. The SMILES string of the molecule is O=[As][O-].[K+]. The van der Waals surface area contributed by atoms with Gasteiger partial charge in [0.25, 0.3) is 0 Å². The molecular weight excluding hydrogens is 146 g/mol. The largest absolute Gasteiger partial charge is 1.00 e. The second-order valence-corrected chi connectivity index (χ2v) is 0.387. The molecule has 4 heavy (non-hydrogen) atoms. The smallest absolute Gasteiger partial charge is 1.00 e. The van der Waals surface area contributed by atoms with Gasteiger partial charge in [-0.3, -0.25) is 0 Å². The normalized spacial score (nSPS) is 5.25. The van der Waals surface area contributed by atoms with Gasteiger partial charge in [-0.15, -0.1) is 0 Å². The van der Waals surface area contributed by atoms with E-state index in [2.05, 4.69) is 0 Å². The van der Waals surface area contributed by atoms with Crippen LogP contribution < -0.4 is 55.5 Å². The van der Waals surface area contributed by atoms with Gasteiger partial charge in [0.15, 0.2) is 0 Å². The van der Waals surface area contributed by atoms with Crippen molar-refractivity contribution < 1.29 is 59.2 Å². The van der Waals surface area contributed by atoms with Crippen LogP contribution in [0.2, 0.25) is 0 Å². The summed E-state index contributed by atoms with van der Waals surface area (Å²) in [5.41, 5.74) is 0. The van der Waals surface area contributed by atoms with Gasteiger partial charge in [0.2, 0.25) is 0 Å². The number of rotatable bonds is 0. The number of hydrogen-bond donors (Lipinski definition) is 0. The fourth-order valence-corrected chi connectivity index (χ4v) is 0. The fraction of sp³-hybridized carbons (Fsp3) is 0. The van der Waals surface area contributed by atoms with E-state index < -0.39 is 16.0 Å². The fourth-order valence-electron chi connectivity index (χ4n) is 0. The molecule has 0 aromatic heterocycles. The summed E-state index contributed by atoms with van der Waals surface area (Å²) in [7, 11) is 0. The van der Waals surface area contributed by atoms with Gasteiger partial charge in [0.1, 0.15) is 0 Å². The molecular formula is AsKO2. The molecule has 0 spiro atoms. The molecule has 18 valence electrons. The third kappa shape index (κ3) is 9.04. The minimum atomic E-state index is -1.81. The molecule has 0 aliphatic rings. The topological polar surface area (TPSA) is 40.1 Å². The summed E-state index contributed by atoms with van der Waals surface area (Å²) >= 11 is -1.81. The zero-order valence-corrected chi connectivity index (χ0v) is 7.26. The van der Waals surface area contributed by atoms with Crippen molar-refractivity contribution in [2.75, 3.05) is 0 Å². The first-order valence-electron chi connectivity index (χ1n) is 0.365. The zero-order chi connectivity index (χ0) is 2.71. The Hall–Kier alpha value is 1.95. The van der Waals surface area contributed by atoms with Gasteiger partial charge in [-0.05, 0) is 0 Å². The maximum atomic E-state index is 8.47. The molecule has 0 amide bonds. The molecule has 0 saturated heterocycles. The van der Waals surface area contributed by atoms with E-state index in [9.17, 15) is 0 Å². The molecule has 0 heterocycles. The van der Waals surface area contributed by atoms with E-state index in [4.69, 9.17) is 7.84 Å². The predicted octanol–water partition coefficient (Wildman–Crippen LogP) is -4.68. The number of hydrogen-bond acceptors (Lipinski definition) is 2. The first-order chi connectivity index (χ1) is 1.41. The molecule has 0 unspecified atom stereocenters. The summed E-state index contributed by atoms with van der Waals surface area (Å²) < 4.78 is 16.9. The van der Waals surface area contributed by atoms with Gasteiger partial charge < -0.3 is 0 Å². The minimum absolute atomic E-state index is 0.